The molecule has 0 fully saturated rings. The molecule has 1 heterocycles. The van der Waals surface area contributed by atoms with Crippen molar-refractivity contribution in [1.29, 1.82) is 0 Å². The second-order valence-corrected chi connectivity index (χ2v) is 4.80. The summed E-state index contributed by atoms with van der Waals surface area (Å²) < 4.78 is 1.80. The van der Waals surface area contributed by atoms with Gasteiger partial charge in [0, 0.05) is 25.4 Å². The smallest absolute Gasteiger partial charge is 0.222 e. The standard InChI is InChI=1S/C15H19N3O/c1-12-4-6-14(7-5-12)11-16-15(19)10-13(2)18-9-3-8-17-18/h3-9,13H,10-11H2,1-2H3,(H,16,19). The number of benzene rings is 1. The second kappa shape index (κ2) is 6.18. The predicted molar refractivity (Wildman–Crippen MR) is 74.6 cm³/mol. The molecule has 4 nitrogen and oxygen atoms in total. The van der Waals surface area contributed by atoms with Crippen LogP contribution in [-0.2, 0) is 11.3 Å². The first-order chi connectivity index (χ1) is 9.15. The van der Waals surface area contributed by atoms with Gasteiger partial charge in [0.25, 0.3) is 0 Å². The molecule has 19 heavy (non-hydrogen) atoms. The van der Waals surface area contributed by atoms with E-state index in [0.29, 0.717) is 13.0 Å². The van der Waals surface area contributed by atoms with E-state index in [9.17, 15) is 4.79 Å². The summed E-state index contributed by atoms with van der Waals surface area (Å²) in [5.74, 6) is 0.0450. The highest BCUT2D eigenvalue weighted by atomic mass is 16.1. The minimum absolute atomic E-state index is 0.0450. The lowest BCUT2D eigenvalue weighted by Gasteiger charge is -2.12. The molecule has 100 valence electrons. The molecular weight excluding hydrogens is 238 g/mol. The molecule has 1 aromatic carbocycles. The lowest BCUT2D eigenvalue weighted by Crippen LogP contribution is -2.25. The molecule has 2 aromatic rings. The summed E-state index contributed by atoms with van der Waals surface area (Å²) in [6.07, 6.45) is 4.03. The third kappa shape index (κ3) is 3.95. The molecule has 0 saturated heterocycles. The SMILES string of the molecule is Cc1ccc(CNC(=O)CC(C)n2cccn2)cc1. The molecule has 0 aliphatic rings. The van der Waals surface area contributed by atoms with Gasteiger partial charge < -0.3 is 5.32 Å². The Bertz CT molecular complexity index is 517. The highest BCUT2D eigenvalue weighted by Crippen LogP contribution is 2.08. The summed E-state index contributed by atoms with van der Waals surface area (Å²) in [5, 5.41) is 7.07. The van der Waals surface area contributed by atoms with Crippen molar-refractivity contribution in [3.05, 3.63) is 53.9 Å². The first-order valence-corrected chi connectivity index (χ1v) is 6.46. The van der Waals surface area contributed by atoms with E-state index in [1.807, 2.05) is 50.4 Å². The van der Waals surface area contributed by atoms with Gasteiger partial charge in [-0.3, -0.25) is 9.48 Å². The van der Waals surface area contributed by atoms with Crippen LogP contribution in [0.3, 0.4) is 0 Å². The molecule has 0 aliphatic carbocycles. The molecule has 1 atom stereocenters. The lowest BCUT2D eigenvalue weighted by molar-refractivity contribution is -0.122. The van der Waals surface area contributed by atoms with Crippen molar-refractivity contribution in [1.82, 2.24) is 15.1 Å². The molecule has 2 rings (SSSR count). The van der Waals surface area contributed by atoms with Crippen LogP contribution in [0.4, 0.5) is 0 Å². The van der Waals surface area contributed by atoms with Crippen molar-refractivity contribution in [3.63, 3.8) is 0 Å². The Balaban J connectivity index is 1.80. The van der Waals surface area contributed by atoms with Crippen molar-refractivity contribution in [2.24, 2.45) is 0 Å². The molecular formula is C15H19N3O. The summed E-state index contributed by atoms with van der Waals surface area (Å²) in [5.41, 5.74) is 2.34. The fraction of sp³-hybridized carbons (Fsp3) is 0.333. The summed E-state index contributed by atoms with van der Waals surface area (Å²) in [7, 11) is 0. The van der Waals surface area contributed by atoms with Gasteiger partial charge in [0.1, 0.15) is 0 Å². The number of amides is 1. The van der Waals surface area contributed by atoms with Gasteiger partial charge in [-0.1, -0.05) is 29.8 Å². The number of carbonyl (C=O) groups is 1. The van der Waals surface area contributed by atoms with Gasteiger partial charge in [-0.15, -0.1) is 0 Å². The number of nitrogens with zero attached hydrogens (tertiary/aromatic N) is 2. The third-order valence-corrected chi connectivity index (χ3v) is 3.07. The monoisotopic (exact) mass is 257 g/mol. The van der Waals surface area contributed by atoms with Crippen LogP contribution < -0.4 is 5.32 Å². The quantitative estimate of drug-likeness (QED) is 0.894. The molecule has 0 radical (unpaired) electrons. The van der Waals surface area contributed by atoms with E-state index < -0.39 is 0 Å². The number of rotatable bonds is 5. The lowest BCUT2D eigenvalue weighted by atomic mass is 10.1. The number of nitrogens with one attached hydrogen (secondary N) is 1. The van der Waals surface area contributed by atoms with Crippen LogP contribution in [0.1, 0.15) is 30.5 Å². The van der Waals surface area contributed by atoms with E-state index in [1.165, 1.54) is 5.56 Å². The number of hydrogen-bond acceptors (Lipinski definition) is 2. The average Bonchev–Trinajstić information content (AvgIpc) is 2.92. The van der Waals surface area contributed by atoms with Gasteiger partial charge >= 0.3 is 0 Å². The summed E-state index contributed by atoms with van der Waals surface area (Å²) in [6.45, 7) is 4.61. The van der Waals surface area contributed by atoms with Crippen LogP contribution in [0.5, 0.6) is 0 Å². The Hall–Kier alpha value is -2.10. The third-order valence-electron chi connectivity index (χ3n) is 3.07. The topological polar surface area (TPSA) is 46.9 Å². The Labute approximate surface area is 113 Å². The fourth-order valence-electron chi connectivity index (χ4n) is 1.88. The van der Waals surface area contributed by atoms with Gasteiger partial charge in [0.05, 0.1) is 6.04 Å². The highest BCUT2D eigenvalue weighted by molar-refractivity contribution is 5.76. The predicted octanol–water partition coefficient (Wildman–Crippen LogP) is 2.46. The van der Waals surface area contributed by atoms with Gasteiger partial charge in [0.2, 0.25) is 5.91 Å². The molecule has 1 unspecified atom stereocenters. The van der Waals surface area contributed by atoms with Crippen molar-refractivity contribution in [2.45, 2.75) is 32.9 Å². The first-order valence-electron chi connectivity index (χ1n) is 6.46. The van der Waals surface area contributed by atoms with E-state index >= 15 is 0 Å². The Morgan fingerprint density at radius 1 is 1.37 bits per heavy atom. The van der Waals surface area contributed by atoms with E-state index in [2.05, 4.69) is 10.4 Å². The van der Waals surface area contributed by atoms with Crippen LogP contribution >= 0.6 is 0 Å². The van der Waals surface area contributed by atoms with E-state index in [4.69, 9.17) is 0 Å². The van der Waals surface area contributed by atoms with Crippen LogP contribution in [0.15, 0.2) is 42.7 Å². The summed E-state index contributed by atoms with van der Waals surface area (Å²) in [6, 6.07) is 10.1. The van der Waals surface area contributed by atoms with Crippen LogP contribution in [-0.4, -0.2) is 15.7 Å². The molecule has 0 aliphatic heterocycles. The Kier molecular flexibility index (Phi) is 4.34. The minimum atomic E-state index is 0.0450. The fourth-order valence-corrected chi connectivity index (χ4v) is 1.88. The van der Waals surface area contributed by atoms with Crippen LogP contribution in [0, 0.1) is 6.92 Å². The van der Waals surface area contributed by atoms with Crippen LogP contribution in [0.2, 0.25) is 0 Å². The van der Waals surface area contributed by atoms with Gasteiger partial charge in [-0.05, 0) is 25.5 Å². The van der Waals surface area contributed by atoms with Crippen molar-refractivity contribution in [3.8, 4) is 0 Å². The van der Waals surface area contributed by atoms with E-state index in [0.717, 1.165) is 5.56 Å². The summed E-state index contributed by atoms with van der Waals surface area (Å²) >= 11 is 0. The largest absolute Gasteiger partial charge is 0.352 e. The average molecular weight is 257 g/mol. The molecule has 1 aromatic heterocycles. The number of carbonyl (C=O) groups excluding carboxylic acids is 1. The normalized spacial score (nSPS) is 12.1. The van der Waals surface area contributed by atoms with Gasteiger partial charge in [-0.2, -0.15) is 5.10 Å². The molecule has 4 heteroatoms. The molecule has 1 N–H and O–H groups in total. The maximum atomic E-state index is 11.8. The zero-order chi connectivity index (χ0) is 13.7. The van der Waals surface area contributed by atoms with Gasteiger partial charge in [-0.25, -0.2) is 0 Å². The number of aryl methyl sites for hydroxylation is 1. The number of hydrogen-bond donors (Lipinski definition) is 1. The molecule has 0 bridgehead atoms. The Morgan fingerprint density at radius 3 is 2.74 bits per heavy atom. The van der Waals surface area contributed by atoms with E-state index in [-0.39, 0.29) is 11.9 Å². The van der Waals surface area contributed by atoms with Crippen molar-refractivity contribution >= 4 is 5.91 Å². The minimum Gasteiger partial charge on any atom is -0.352 e. The van der Waals surface area contributed by atoms with E-state index in [1.54, 1.807) is 10.9 Å². The zero-order valence-electron chi connectivity index (χ0n) is 11.3. The molecule has 0 spiro atoms. The zero-order valence-corrected chi connectivity index (χ0v) is 11.3. The maximum Gasteiger partial charge on any atom is 0.222 e. The summed E-state index contributed by atoms with van der Waals surface area (Å²) in [4.78, 5) is 11.8. The first kappa shape index (κ1) is 13.3. The Morgan fingerprint density at radius 2 is 2.11 bits per heavy atom. The molecule has 0 saturated carbocycles. The second-order valence-electron chi connectivity index (χ2n) is 4.80. The van der Waals surface area contributed by atoms with Crippen molar-refractivity contribution < 1.29 is 4.79 Å². The maximum absolute atomic E-state index is 11.8. The number of aromatic nitrogens is 2. The highest BCUT2D eigenvalue weighted by Gasteiger charge is 2.10. The van der Waals surface area contributed by atoms with Crippen LogP contribution in [0.25, 0.3) is 0 Å². The molecule has 1 amide bonds. The van der Waals surface area contributed by atoms with Gasteiger partial charge in [0.15, 0.2) is 0 Å². The van der Waals surface area contributed by atoms with Crippen molar-refractivity contribution in [2.75, 3.05) is 0 Å².